The summed E-state index contributed by atoms with van der Waals surface area (Å²) in [6.07, 6.45) is 0.208. The number of aliphatic carboxylic acids is 1. The Kier molecular flexibility index (Phi) is 9.57. The van der Waals surface area contributed by atoms with Crippen molar-refractivity contribution in [2.24, 2.45) is 0 Å². The topological polar surface area (TPSA) is 37.3 Å². The Morgan fingerprint density at radius 3 is 2.14 bits per heavy atom. The first-order valence-corrected chi connectivity index (χ1v) is 2.67. The molecule has 0 aliphatic carbocycles. The smallest absolute Gasteiger partial charge is 0.304 e. The monoisotopic (exact) mass is 232 g/mol. The van der Waals surface area contributed by atoms with E-state index in [1.807, 2.05) is 0 Å². The van der Waals surface area contributed by atoms with Crippen molar-refractivity contribution in [3.05, 3.63) is 0 Å². The number of hydrogen-bond acceptors (Lipinski definition) is 1. The molecule has 1 N–H and O–H groups in total. The second-order valence-electron chi connectivity index (χ2n) is 0.833. The normalized spacial score (nSPS) is 7.00. The average Bonchev–Trinajstić information content (AvgIpc) is 1.35. The third-order valence-corrected chi connectivity index (χ3v) is 0.705. The van der Waals surface area contributed by atoms with E-state index in [2.05, 4.69) is 15.9 Å². The minimum atomic E-state index is -0.758. The highest BCUT2D eigenvalue weighted by atomic mass is 79.9. The van der Waals surface area contributed by atoms with Crippen LogP contribution in [-0.4, -0.2) is 16.4 Å². The van der Waals surface area contributed by atoms with Crippen molar-refractivity contribution >= 4 is 38.9 Å². The van der Waals surface area contributed by atoms with Crippen molar-refractivity contribution in [1.82, 2.24) is 0 Å². The molecule has 0 saturated carbocycles. The second-order valence-corrected chi connectivity index (χ2v) is 1.63. The van der Waals surface area contributed by atoms with Gasteiger partial charge in [-0.15, -0.1) is 17.0 Å². The summed E-state index contributed by atoms with van der Waals surface area (Å²) in [5.41, 5.74) is 0. The van der Waals surface area contributed by atoms with E-state index in [1.54, 1.807) is 0 Å². The van der Waals surface area contributed by atoms with Crippen LogP contribution in [0.3, 0.4) is 0 Å². The maximum atomic E-state index is 9.57. The first-order chi connectivity index (χ1) is 2.77. The fourth-order valence-electron chi connectivity index (χ4n) is 0.0808. The van der Waals surface area contributed by atoms with Gasteiger partial charge in [0.05, 0.1) is 6.42 Å². The summed E-state index contributed by atoms with van der Waals surface area (Å²) in [5, 5.41) is 8.43. The molecule has 0 aliphatic rings. The van der Waals surface area contributed by atoms with E-state index in [-0.39, 0.29) is 23.4 Å². The van der Waals surface area contributed by atoms with Gasteiger partial charge in [-0.3, -0.25) is 4.79 Å². The minimum Gasteiger partial charge on any atom is -0.481 e. The molecule has 7 heavy (non-hydrogen) atoms. The highest BCUT2D eigenvalue weighted by Gasteiger charge is 1.88. The molecular formula is C3H6Br2O2. The summed E-state index contributed by atoms with van der Waals surface area (Å²) in [5.74, 6) is -0.758. The fraction of sp³-hybridized carbons (Fsp3) is 0.667. The molecule has 0 rings (SSSR count). The van der Waals surface area contributed by atoms with Gasteiger partial charge in [0, 0.05) is 5.33 Å². The van der Waals surface area contributed by atoms with Crippen LogP contribution in [0, 0.1) is 0 Å². The summed E-state index contributed by atoms with van der Waals surface area (Å²) in [7, 11) is 0. The van der Waals surface area contributed by atoms with Gasteiger partial charge in [0.15, 0.2) is 0 Å². The van der Waals surface area contributed by atoms with E-state index in [0.29, 0.717) is 5.33 Å². The maximum Gasteiger partial charge on any atom is 0.304 e. The van der Waals surface area contributed by atoms with Gasteiger partial charge in [-0.25, -0.2) is 0 Å². The highest BCUT2D eigenvalue weighted by molar-refractivity contribution is 9.09. The van der Waals surface area contributed by atoms with Crippen LogP contribution in [0.4, 0.5) is 0 Å². The van der Waals surface area contributed by atoms with Gasteiger partial charge in [-0.2, -0.15) is 0 Å². The Morgan fingerprint density at radius 2 is 2.14 bits per heavy atom. The molecule has 0 aliphatic heterocycles. The quantitative estimate of drug-likeness (QED) is 0.733. The molecule has 0 aromatic carbocycles. The molecule has 0 saturated heterocycles. The fourth-order valence-corrected chi connectivity index (χ4v) is 0.420. The molecule has 0 fully saturated rings. The molecule has 0 aromatic heterocycles. The summed E-state index contributed by atoms with van der Waals surface area (Å²) < 4.78 is 0. The van der Waals surface area contributed by atoms with Crippen LogP contribution in [-0.2, 0) is 4.79 Å². The zero-order chi connectivity index (χ0) is 4.99. The minimum absolute atomic E-state index is 0. The number of carboxylic acid groups (broad SMARTS) is 1. The van der Waals surface area contributed by atoms with Gasteiger partial charge in [0.1, 0.15) is 0 Å². The molecular weight excluding hydrogens is 228 g/mol. The van der Waals surface area contributed by atoms with E-state index in [4.69, 9.17) is 5.11 Å². The molecule has 4 heteroatoms. The molecule has 2 nitrogen and oxygen atoms in total. The number of carboxylic acids is 1. The van der Waals surface area contributed by atoms with Gasteiger partial charge in [0.25, 0.3) is 0 Å². The number of alkyl halides is 1. The molecule has 0 atom stereocenters. The Bertz CT molecular complexity index is 54.9. The van der Waals surface area contributed by atoms with Gasteiger partial charge < -0.3 is 5.11 Å². The molecule has 0 radical (unpaired) electrons. The molecule has 0 spiro atoms. The van der Waals surface area contributed by atoms with E-state index in [9.17, 15) is 4.79 Å². The average molecular weight is 234 g/mol. The standard InChI is InChI=1S/C3H5BrO2.BrH/c4-2-1-3(5)6;/h1-2H2,(H,5,6);1H. The van der Waals surface area contributed by atoms with Gasteiger partial charge in [-0.1, -0.05) is 15.9 Å². The highest BCUT2D eigenvalue weighted by Crippen LogP contribution is 1.84. The largest absolute Gasteiger partial charge is 0.481 e. The number of carbonyl (C=O) groups is 1. The number of hydrogen-bond donors (Lipinski definition) is 1. The molecule has 0 amide bonds. The maximum absolute atomic E-state index is 9.57. The number of rotatable bonds is 2. The Labute approximate surface area is 60.8 Å². The zero-order valence-electron chi connectivity index (χ0n) is 3.56. The predicted molar refractivity (Wildman–Crippen MR) is 36.4 cm³/mol. The molecule has 0 unspecified atom stereocenters. The molecule has 0 heterocycles. The molecule has 44 valence electrons. The Hall–Kier alpha value is 0.430. The molecule has 0 bridgehead atoms. The lowest BCUT2D eigenvalue weighted by Crippen LogP contribution is -1.92. The summed E-state index contributed by atoms with van der Waals surface area (Å²) in [6.45, 7) is 0. The first-order valence-electron chi connectivity index (χ1n) is 1.55. The van der Waals surface area contributed by atoms with E-state index in [1.165, 1.54) is 0 Å². The van der Waals surface area contributed by atoms with Gasteiger partial charge in [0.2, 0.25) is 0 Å². The van der Waals surface area contributed by atoms with Gasteiger partial charge in [-0.05, 0) is 0 Å². The van der Waals surface area contributed by atoms with Gasteiger partial charge >= 0.3 is 5.97 Å². The summed E-state index contributed by atoms with van der Waals surface area (Å²) in [6, 6.07) is 0. The van der Waals surface area contributed by atoms with Crippen molar-refractivity contribution < 1.29 is 9.90 Å². The van der Waals surface area contributed by atoms with Crippen molar-refractivity contribution in [3.63, 3.8) is 0 Å². The van der Waals surface area contributed by atoms with Crippen molar-refractivity contribution in [2.45, 2.75) is 6.42 Å². The summed E-state index contributed by atoms with van der Waals surface area (Å²) in [4.78, 5) is 9.57. The van der Waals surface area contributed by atoms with Crippen LogP contribution in [0.5, 0.6) is 0 Å². The Morgan fingerprint density at radius 1 is 1.71 bits per heavy atom. The summed E-state index contributed by atoms with van der Waals surface area (Å²) >= 11 is 2.97. The van der Waals surface area contributed by atoms with Crippen LogP contribution in [0.1, 0.15) is 6.42 Å². The zero-order valence-corrected chi connectivity index (χ0v) is 6.85. The number of halogens is 2. The van der Waals surface area contributed by atoms with Crippen LogP contribution in [0.15, 0.2) is 0 Å². The Balaban J connectivity index is 0. The van der Waals surface area contributed by atoms with Crippen LogP contribution < -0.4 is 0 Å². The second kappa shape index (κ2) is 6.43. The van der Waals surface area contributed by atoms with E-state index in [0.717, 1.165) is 0 Å². The third-order valence-electron chi connectivity index (χ3n) is 0.308. The van der Waals surface area contributed by atoms with Crippen molar-refractivity contribution in [2.75, 3.05) is 5.33 Å². The van der Waals surface area contributed by atoms with E-state index < -0.39 is 5.97 Å². The van der Waals surface area contributed by atoms with Crippen molar-refractivity contribution in [1.29, 1.82) is 0 Å². The lowest BCUT2D eigenvalue weighted by Gasteiger charge is -1.78. The predicted octanol–water partition coefficient (Wildman–Crippen LogP) is 1.43. The lowest BCUT2D eigenvalue weighted by molar-refractivity contribution is -0.136. The van der Waals surface area contributed by atoms with Crippen LogP contribution >= 0.6 is 32.9 Å². The van der Waals surface area contributed by atoms with Crippen LogP contribution in [0.2, 0.25) is 0 Å². The van der Waals surface area contributed by atoms with Crippen molar-refractivity contribution in [3.8, 4) is 0 Å². The van der Waals surface area contributed by atoms with Crippen LogP contribution in [0.25, 0.3) is 0 Å². The molecule has 0 aromatic rings. The van der Waals surface area contributed by atoms with E-state index >= 15 is 0 Å². The first kappa shape index (κ1) is 10.4. The lowest BCUT2D eigenvalue weighted by atomic mass is 10.5. The SMILES string of the molecule is Br.O=C(O)CCBr. The third kappa shape index (κ3) is 10.7.